The van der Waals surface area contributed by atoms with Crippen LogP contribution in [0.25, 0.3) is 0 Å². The van der Waals surface area contributed by atoms with Gasteiger partial charge in [-0.25, -0.2) is 4.39 Å². The summed E-state index contributed by atoms with van der Waals surface area (Å²) in [5.41, 5.74) is 6.42. The van der Waals surface area contributed by atoms with Gasteiger partial charge in [0.2, 0.25) is 0 Å². The van der Waals surface area contributed by atoms with E-state index in [1.165, 1.54) is 18.6 Å². The van der Waals surface area contributed by atoms with Crippen LogP contribution in [-0.2, 0) is 0 Å². The van der Waals surface area contributed by atoms with Crippen LogP contribution in [0.1, 0.15) is 43.0 Å². The predicted octanol–water partition coefficient (Wildman–Crippen LogP) is 2.28. The molecule has 1 atom stereocenters. The normalized spacial score (nSPS) is 17.9. The zero-order valence-corrected chi connectivity index (χ0v) is 12.6. The van der Waals surface area contributed by atoms with Gasteiger partial charge in [-0.3, -0.25) is 4.79 Å². The Morgan fingerprint density at radius 1 is 1.52 bits per heavy atom. The van der Waals surface area contributed by atoms with Crippen LogP contribution >= 0.6 is 0 Å². The minimum Gasteiger partial charge on any atom is -0.369 e. The highest BCUT2D eigenvalue weighted by Gasteiger charge is 2.21. The number of carbonyl (C=O) groups excluding carboxylic acids is 1. The van der Waals surface area contributed by atoms with Gasteiger partial charge >= 0.3 is 0 Å². The fraction of sp³-hybridized carbons (Fsp3) is 0.562. The fourth-order valence-electron chi connectivity index (χ4n) is 2.82. The quantitative estimate of drug-likeness (QED) is 0.811. The van der Waals surface area contributed by atoms with E-state index >= 15 is 0 Å². The summed E-state index contributed by atoms with van der Waals surface area (Å²) in [7, 11) is 0. The molecule has 1 unspecified atom stereocenters. The van der Waals surface area contributed by atoms with E-state index in [1.54, 1.807) is 6.07 Å². The highest BCUT2D eigenvalue weighted by atomic mass is 19.1. The molecule has 0 aromatic heterocycles. The largest absolute Gasteiger partial charge is 0.369 e. The summed E-state index contributed by atoms with van der Waals surface area (Å²) in [5.74, 6) is -1.01. The third-order valence-electron chi connectivity index (χ3n) is 3.95. The number of unbranched alkanes of at least 4 members (excludes halogenated alkanes) is 1. The lowest BCUT2D eigenvalue weighted by molar-refractivity contribution is 0.1000. The number of nitrogens with two attached hydrogens (primary N) is 1. The monoisotopic (exact) mass is 293 g/mol. The number of anilines is 1. The summed E-state index contributed by atoms with van der Waals surface area (Å²) in [6.07, 6.45) is 4.41. The molecule has 1 aliphatic rings. The summed E-state index contributed by atoms with van der Waals surface area (Å²) in [5, 5.41) is 3.46. The third-order valence-corrected chi connectivity index (χ3v) is 3.95. The molecule has 1 aliphatic heterocycles. The molecule has 1 saturated heterocycles. The van der Waals surface area contributed by atoms with E-state index in [-0.39, 0.29) is 5.56 Å². The van der Waals surface area contributed by atoms with Crippen LogP contribution in [-0.4, -0.2) is 31.6 Å². The van der Waals surface area contributed by atoms with Gasteiger partial charge in [-0.15, -0.1) is 0 Å². The standard InChI is InChI=1S/C16H24FN3O/c1-2-3-9-20(11-13-5-4-8-19-13)15-7-6-12(17)10-14(15)16(18)21/h6-7,10,13,19H,2-5,8-9,11H2,1H3,(H2,18,21). The Bertz CT molecular complexity index is 486. The van der Waals surface area contributed by atoms with E-state index in [4.69, 9.17) is 5.73 Å². The van der Waals surface area contributed by atoms with E-state index in [2.05, 4.69) is 17.1 Å². The average Bonchev–Trinajstić information content (AvgIpc) is 2.96. The first-order valence-corrected chi connectivity index (χ1v) is 7.69. The van der Waals surface area contributed by atoms with Crippen molar-refractivity contribution in [2.45, 2.75) is 38.6 Å². The van der Waals surface area contributed by atoms with Gasteiger partial charge in [0.25, 0.3) is 5.91 Å². The maximum Gasteiger partial charge on any atom is 0.250 e. The highest BCUT2D eigenvalue weighted by molar-refractivity contribution is 5.98. The molecule has 1 aromatic carbocycles. The molecule has 0 bridgehead atoms. The van der Waals surface area contributed by atoms with Crippen molar-refractivity contribution in [1.82, 2.24) is 5.32 Å². The number of amides is 1. The fourth-order valence-corrected chi connectivity index (χ4v) is 2.82. The number of nitrogens with zero attached hydrogens (tertiary/aromatic N) is 1. The Balaban J connectivity index is 2.23. The maximum atomic E-state index is 13.4. The lowest BCUT2D eigenvalue weighted by Crippen LogP contribution is -2.39. The number of primary amides is 1. The molecule has 3 N–H and O–H groups in total. The molecule has 0 spiro atoms. The van der Waals surface area contributed by atoms with Crippen LogP contribution in [0.15, 0.2) is 18.2 Å². The van der Waals surface area contributed by atoms with Crippen LogP contribution in [0.2, 0.25) is 0 Å². The van der Waals surface area contributed by atoms with Gasteiger partial charge in [0, 0.05) is 24.8 Å². The Morgan fingerprint density at radius 2 is 2.33 bits per heavy atom. The molecule has 1 fully saturated rings. The molecule has 1 aromatic rings. The Kier molecular flexibility index (Phi) is 5.56. The van der Waals surface area contributed by atoms with Gasteiger partial charge in [-0.2, -0.15) is 0 Å². The summed E-state index contributed by atoms with van der Waals surface area (Å²) in [6, 6.07) is 4.72. The van der Waals surface area contributed by atoms with Crippen LogP contribution in [0.3, 0.4) is 0 Å². The van der Waals surface area contributed by atoms with E-state index in [9.17, 15) is 9.18 Å². The van der Waals surface area contributed by atoms with Crippen molar-refractivity contribution in [2.75, 3.05) is 24.5 Å². The van der Waals surface area contributed by atoms with Gasteiger partial charge in [-0.1, -0.05) is 13.3 Å². The molecular weight excluding hydrogens is 269 g/mol. The first kappa shape index (κ1) is 15.8. The van der Waals surface area contributed by atoms with Gasteiger partial charge in [0.05, 0.1) is 5.56 Å². The molecule has 0 saturated carbocycles. The van der Waals surface area contributed by atoms with Gasteiger partial charge in [-0.05, 0) is 44.0 Å². The minimum atomic E-state index is -0.578. The second-order valence-electron chi connectivity index (χ2n) is 5.62. The first-order chi connectivity index (χ1) is 10.1. The van der Waals surface area contributed by atoms with Crippen molar-refractivity contribution in [2.24, 2.45) is 5.73 Å². The summed E-state index contributed by atoms with van der Waals surface area (Å²) in [6.45, 7) is 4.84. The van der Waals surface area contributed by atoms with Gasteiger partial charge in [0.1, 0.15) is 5.82 Å². The van der Waals surface area contributed by atoms with Gasteiger partial charge in [0.15, 0.2) is 0 Å². The van der Waals surface area contributed by atoms with Gasteiger partial charge < -0.3 is 16.0 Å². The number of halogens is 1. The Labute approximate surface area is 125 Å². The molecule has 2 rings (SSSR count). The van der Waals surface area contributed by atoms with E-state index in [1.807, 2.05) is 0 Å². The van der Waals surface area contributed by atoms with E-state index < -0.39 is 11.7 Å². The molecule has 1 amide bonds. The van der Waals surface area contributed by atoms with Crippen LogP contribution < -0.4 is 16.0 Å². The van der Waals surface area contributed by atoms with Crippen molar-refractivity contribution >= 4 is 11.6 Å². The predicted molar refractivity (Wildman–Crippen MR) is 83.1 cm³/mol. The van der Waals surface area contributed by atoms with Crippen molar-refractivity contribution in [3.63, 3.8) is 0 Å². The highest BCUT2D eigenvalue weighted by Crippen LogP contribution is 2.23. The molecule has 5 heteroatoms. The topological polar surface area (TPSA) is 58.4 Å². The molecule has 1 heterocycles. The number of hydrogen-bond donors (Lipinski definition) is 2. The van der Waals surface area contributed by atoms with Crippen molar-refractivity contribution < 1.29 is 9.18 Å². The van der Waals surface area contributed by atoms with Crippen molar-refractivity contribution in [1.29, 1.82) is 0 Å². The summed E-state index contributed by atoms with van der Waals surface area (Å²) < 4.78 is 13.4. The molecule has 0 radical (unpaired) electrons. The summed E-state index contributed by atoms with van der Waals surface area (Å²) >= 11 is 0. The van der Waals surface area contributed by atoms with Crippen molar-refractivity contribution in [3.05, 3.63) is 29.6 Å². The van der Waals surface area contributed by atoms with Crippen molar-refractivity contribution in [3.8, 4) is 0 Å². The average molecular weight is 293 g/mol. The number of hydrogen-bond acceptors (Lipinski definition) is 3. The molecule has 21 heavy (non-hydrogen) atoms. The zero-order valence-electron chi connectivity index (χ0n) is 12.6. The number of rotatable bonds is 7. The molecule has 116 valence electrons. The maximum absolute atomic E-state index is 13.4. The van der Waals surface area contributed by atoms with Crippen LogP contribution in [0.5, 0.6) is 0 Å². The molecule has 4 nitrogen and oxygen atoms in total. The second-order valence-corrected chi connectivity index (χ2v) is 5.62. The lowest BCUT2D eigenvalue weighted by Gasteiger charge is -2.29. The Hall–Kier alpha value is -1.62. The number of benzene rings is 1. The van der Waals surface area contributed by atoms with E-state index in [0.717, 1.165) is 44.6 Å². The number of nitrogens with one attached hydrogen (secondary N) is 1. The Morgan fingerprint density at radius 3 is 2.95 bits per heavy atom. The SMILES string of the molecule is CCCCN(CC1CCCN1)c1ccc(F)cc1C(N)=O. The second kappa shape index (κ2) is 7.41. The first-order valence-electron chi connectivity index (χ1n) is 7.69. The minimum absolute atomic E-state index is 0.268. The zero-order chi connectivity index (χ0) is 15.2. The smallest absolute Gasteiger partial charge is 0.250 e. The molecule has 0 aliphatic carbocycles. The lowest BCUT2D eigenvalue weighted by atomic mass is 10.1. The molecular formula is C16H24FN3O. The third kappa shape index (κ3) is 4.17. The van der Waals surface area contributed by atoms with Crippen LogP contribution in [0, 0.1) is 5.82 Å². The van der Waals surface area contributed by atoms with E-state index in [0.29, 0.717) is 6.04 Å². The summed E-state index contributed by atoms with van der Waals surface area (Å²) in [4.78, 5) is 13.8. The van der Waals surface area contributed by atoms with Crippen LogP contribution in [0.4, 0.5) is 10.1 Å². The number of carbonyl (C=O) groups is 1.